The molecule has 21 heavy (non-hydrogen) atoms. The molecule has 2 aromatic carbocycles. The molecular weight excluding hydrogens is 261 g/mol. The van der Waals surface area contributed by atoms with Gasteiger partial charge in [-0.1, -0.05) is 42.5 Å². The van der Waals surface area contributed by atoms with Crippen molar-refractivity contribution in [2.45, 2.75) is 25.8 Å². The fraction of sp³-hybridized carbons (Fsp3) is 0.294. The molecule has 0 saturated carbocycles. The highest BCUT2D eigenvalue weighted by Gasteiger charge is 2.19. The van der Waals surface area contributed by atoms with Crippen molar-refractivity contribution in [2.75, 3.05) is 11.4 Å². The lowest BCUT2D eigenvalue weighted by atomic mass is 9.77. The van der Waals surface area contributed by atoms with Gasteiger partial charge in [0.2, 0.25) is 0 Å². The van der Waals surface area contributed by atoms with E-state index in [0.717, 1.165) is 18.5 Å². The summed E-state index contributed by atoms with van der Waals surface area (Å²) >= 11 is 0. The van der Waals surface area contributed by atoms with Gasteiger partial charge >= 0.3 is 7.12 Å². The number of benzene rings is 2. The molecule has 108 valence electrons. The van der Waals surface area contributed by atoms with Crippen molar-refractivity contribution in [3.05, 3.63) is 59.7 Å². The van der Waals surface area contributed by atoms with Gasteiger partial charge in [-0.05, 0) is 41.9 Å². The van der Waals surface area contributed by atoms with E-state index in [1.807, 2.05) is 18.2 Å². The van der Waals surface area contributed by atoms with Crippen LogP contribution in [0.15, 0.2) is 48.5 Å². The van der Waals surface area contributed by atoms with Gasteiger partial charge in [-0.3, -0.25) is 0 Å². The Hall–Kier alpha value is -1.78. The Kier molecular flexibility index (Phi) is 4.27. The van der Waals surface area contributed by atoms with E-state index in [1.165, 1.54) is 24.1 Å². The first-order valence-electron chi connectivity index (χ1n) is 7.52. The van der Waals surface area contributed by atoms with E-state index in [2.05, 4.69) is 29.2 Å². The maximum atomic E-state index is 9.52. The van der Waals surface area contributed by atoms with Crippen LogP contribution >= 0.6 is 0 Å². The zero-order valence-corrected chi connectivity index (χ0v) is 12.1. The molecule has 2 aromatic rings. The smallest absolute Gasteiger partial charge is 0.423 e. The van der Waals surface area contributed by atoms with E-state index in [4.69, 9.17) is 0 Å². The first kappa shape index (κ1) is 14.2. The van der Waals surface area contributed by atoms with Crippen molar-refractivity contribution in [3.63, 3.8) is 0 Å². The summed E-state index contributed by atoms with van der Waals surface area (Å²) in [6.07, 6.45) is 3.49. The Morgan fingerprint density at radius 2 is 1.71 bits per heavy atom. The average molecular weight is 281 g/mol. The summed E-state index contributed by atoms with van der Waals surface area (Å²) in [7, 11) is -1.41. The van der Waals surface area contributed by atoms with Crippen molar-refractivity contribution in [2.24, 2.45) is 0 Å². The molecule has 1 aliphatic rings. The second-order valence-corrected chi connectivity index (χ2v) is 5.58. The molecule has 1 heterocycles. The van der Waals surface area contributed by atoms with Gasteiger partial charge in [0, 0.05) is 18.8 Å². The molecule has 0 atom stereocenters. The zero-order valence-electron chi connectivity index (χ0n) is 12.1. The minimum atomic E-state index is -1.41. The fourth-order valence-corrected chi connectivity index (χ4v) is 3.07. The molecule has 4 heteroatoms. The van der Waals surface area contributed by atoms with Gasteiger partial charge in [0.1, 0.15) is 0 Å². The number of aryl methyl sites for hydroxylation is 1. The summed E-state index contributed by atoms with van der Waals surface area (Å²) in [6, 6.07) is 16.1. The summed E-state index contributed by atoms with van der Waals surface area (Å²) in [6.45, 7) is 1.72. The zero-order chi connectivity index (χ0) is 14.7. The summed E-state index contributed by atoms with van der Waals surface area (Å²) in [4.78, 5) is 2.35. The molecule has 0 bridgehead atoms. The van der Waals surface area contributed by atoms with Crippen molar-refractivity contribution in [1.82, 2.24) is 0 Å². The summed E-state index contributed by atoms with van der Waals surface area (Å²) < 4.78 is 0. The van der Waals surface area contributed by atoms with Gasteiger partial charge in [0.25, 0.3) is 0 Å². The van der Waals surface area contributed by atoms with E-state index in [-0.39, 0.29) is 0 Å². The molecule has 3 nitrogen and oxygen atoms in total. The van der Waals surface area contributed by atoms with Gasteiger partial charge in [-0.2, -0.15) is 0 Å². The van der Waals surface area contributed by atoms with Gasteiger partial charge in [0.05, 0.1) is 0 Å². The molecule has 0 saturated heterocycles. The van der Waals surface area contributed by atoms with Crippen molar-refractivity contribution < 1.29 is 10.0 Å². The third kappa shape index (κ3) is 3.12. The molecule has 0 aromatic heterocycles. The van der Waals surface area contributed by atoms with Crippen molar-refractivity contribution in [3.8, 4) is 0 Å². The van der Waals surface area contributed by atoms with Crippen LogP contribution in [0.25, 0.3) is 0 Å². The minimum Gasteiger partial charge on any atom is -0.423 e. The number of nitrogens with zero attached hydrogens (tertiary/aromatic N) is 1. The second kappa shape index (κ2) is 6.33. The first-order chi connectivity index (χ1) is 10.3. The van der Waals surface area contributed by atoms with Crippen molar-refractivity contribution in [1.29, 1.82) is 0 Å². The second-order valence-electron chi connectivity index (χ2n) is 5.58. The average Bonchev–Trinajstić information content (AvgIpc) is 2.70. The summed E-state index contributed by atoms with van der Waals surface area (Å²) in [5, 5.41) is 19.0. The largest absolute Gasteiger partial charge is 0.488 e. The summed E-state index contributed by atoms with van der Waals surface area (Å²) in [5.74, 6) is 0. The van der Waals surface area contributed by atoms with Gasteiger partial charge in [0.15, 0.2) is 0 Å². The Balaban J connectivity index is 1.91. The van der Waals surface area contributed by atoms with Crippen LogP contribution in [0, 0.1) is 0 Å². The number of fused-ring (bicyclic) bond motifs is 1. The van der Waals surface area contributed by atoms with Crippen LogP contribution in [-0.4, -0.2) is 23.7 Å². The van der Waals surface area contributed by atoms with E-state index >= 15 is 0 Å². The van der Waals surface area contributed by atoms with E-state index in [1.54, 1.807) is 6.07 Å². The van der Waals surface area contributed by atoms with Gasteiger partial charge in [-0.25, -0.2) is 0 Å². The predicted octanol–water partition coefficient (Wildman–Crippen LogP) is 1.71. The normalized spacial score (nSPS) is 14.5. The highest BCUT2D eigenvalue weighted by Crippen LogP contribution is 2.27. The van der Waals surface area contributed by atoms with Gasteiger partial charge in [-0.15, -0.1) is 0 Å². The first-order valence-corrected chi connectivity index (χ1v) is 7.52. The molecule has 0 radical (unpaired) electrons. The maximum Gasteiger partial charge on any atom is 0.488 e. The molecule has 2 N–H and O–H groups in total. The topological polar surface area (TPSA) is 43.7 Å². The molecule has 3 rings (SSSR count). The van der Waals surface area contributed by atoms with Crippen LogP contribution in [0.4, 0.5) is 5.69 Å². The molecule has 0 fully saturated rings. The third-order valence-corrected chi connectivity index (χ3v) is 4.15. The van der Waals surface area contributed by atoms with Crippen LogP contribution in [0.1, 0.15) is 24.0 Å². The lowest BCUT2D eigenvalue weighted by Crippen LogP contribution is -2.36. The van der Waals surface area contributed by atoms with Gasteiger partial charge < -0.3 is 14.9 Å². The number of hydrogen-bond acceptors (Lipinski definition) is 3. The number of hydrogen-bond donors (Lipinski definition) is 2. The van der Waals surface area contributed by atoms with E-state index < -0.39 is 7.12 Å². The number of para-hydroxylation sites is 1. The van der Waals surface area contributed by atoms with Crippen LogP contribution in [0.2, 0.25) is 0 Å². The Morgan fingerprint density at radius 3 is 2.57 bits per heavy atom. The highest BCUT2D eigenvalue weighted by molar-refractivity contribution is 6.59. The SMILES string of the molecule is OB(O)c1ccccc1CN1CCCCc2ccccc21. The van der Waals surface area contributed by atoms with Crippen molar-refractivity contribution >= 4 is 18.3 Å². The fourth-order valence-electron chi connectivity index (χ4n) is 3.07. The highest BCUT2D eigenvalue weighted by atomic mass is 16.4. The van der Waals surface area contributed by atoms with Crippen LogP contribution in [-0.2, 0) is 13.0 Å². The minimum absolute atomic E-state index is 0.597. The van der Waals surface area contributed by atoms with Crippen LogP contribution < -0.4 is 10.4 Å². The number of anilines is 1. The molecule has 0 amide bonds. The maximum absolute atomic E-state index is 9.52. The lowest BCUT2D eigenvalue weighted by Gasteiger charge is -2.26. The lowest BCUT2D eigenvalue weighted by molar-refractivity contribution is 0.425. The molecule has 0 unspecified atom stereocenters. The predicted molar refractivity (Wildman–Crippen MR) is 86.7 cm³/mol. The standard InChI is InChI=1S/C17H20BNO2/c20-18(21)16-10-3-1-9-15(16)13-19-12-6-5-8-14-7-2-4-11-17(14)19/h1-4,7,9-11,20-21H,5-6,8,12-13H2. The Bertz CT molecular complexity index is 615. The number of rotatable bonds is 3. The molecule has 1 aliphatic heterocycles. The van der Waals surface area contributed by atoms with Crippen LogP contribution in [0.5, 0.6) is 0 Å². The van der Waals surface area contributed by atoms with E-state index in [0.29, 0.717) is 12.0 Å². The summed E-state index contributed by atoms with van der Waals surface area (Å²) in [5.41, 5.74) is 4.23. The quantitative estimate of drug-likeness (QED) is 0.842. The Morgan fingerprint density at radius 1 is 0.952 bits per heavy atom. The molecule has 0 spiro atoms. The molecular formula is C17H20BNO2. The van der Waals surface area contributed by atoms with Crippen LogP contribution in [0.3, 0.4) is 0 Å². The van der Waals surface area contributed by atoms with E-state index in [9.17, 15) is 10.0 Å². The monoisotopic (exact) mass is 281 g/mol. The molecule has 0 aliphatic carbocycles. The third-order valence-electron chi connectivity index (χ3n) is 4.15. The Labute approximate surface area is 126 Å².